The molecule has 2 aliphatic carbocycles. The van der Waals surface area contributed by atoms with Crippen LogP contribution >= 0.6 is 7.82 Å². The van der Waals surface area contributed by atoms with Crippen molar-refractivity contribution in [2.75, 3.05) is 13.2 Å². The largest absolute Gasteiger partial charge is 0.472 e. The van der Waals surface area contributed by atoms with Gasteiger partial charge in [-0.1, -0.05) is 97.1 Å². The van der Waals surface area contributed by atoms with Gasteiger partial charge in [-0.25, -0.2) is 4.57 Å². The molecule has 0 spiro atoms. The molecule has 0 saturated carbocycles. The molecule has 4 aromatic rings. The molecule has 6 rings (SSSR count). The van der Waals surface area contributed by atoms with Gasteiger partial charge in [-0.3, -0.25) is 9.05 Å². The van der Waals surface area contributed by atoms with Crippen molar-refractivity contribution in [3.05, 3.63) is 119 Å². The van der Waals surface area contributed by atoms with Crippen LogP contribution in [0.4, 0.5) is 0 Å². The van der Waals surface area contributed by atoms with Gasteiger partial charge >= 0.3 is 7.82 Å². The second-order valence-corrected chi connectivity index (χ2v) is 9.97. The molecule has 4 aromatic carbocycles. The molecule has 0 bridgehead atoms. The number of phosphoric ester groups is 1. The van der Waals surface area contributed by atoms with Gasteiger partial charge in [0.1, 0.15) is 0 Å². The van der Waals surface area contributed by atoms with E-state index in [2.05, 4.69) is 48.5 Å². The first kappa shape index (κ1) is 20.6. The fraction of sp³-hybridized carbons (Fsp3) is 0.143. The van der Waals surface area contributed by atoms with E-state index in [1.54, 1.807) is 0 Å². The minimum absolute atomic E-state index is 0.0830. The average molecular weight is 454 g/mol. The first-order chi connectivity index (χ1) is 16.1. The summed E-state index contributed by atoms with van der Waals surface area (Å²) in [4.78, 5) is 10.5. The van der Waals surface area contributed by atoms with Crippen LogP contribution in [0.25, 0.3) is 22.3 Å². The van der Waals surface area contributed by atoms with Gasteiger partial charge in [0, 0.05) is 11.8 Å². The molecule has 33 heavy (non-hydrogen) atoms. The first-order valence-electron chi connectivity index (χ1n) is 11.1. The summed E-state index contributed by atoms with van der Waals surface area (Å²) in [5.41, 5.74) is 9.03. The van der Waals surface area contributed by atoms with Crippen molar-refractivity contribution in [3.8, 4) is 22.3 Å². The maximum atomic E-state index is 12.9. The standard InChI is InChI=1S/C28H23O4P/c29-33(30,31-17-27-23-13-5-1-9-19(23)20-10-2-6-14-24(20)27)32-18-28-25-15-7-3-11-21(25)22-12-4-8-16-26(22)28/h1-16,27-28H,17-18H2,(H,29,30). The van der Waals surface area contributed by atoms with Gasteiger partial charge in [0.2, 0.25) is 0 Å². The van der Waals surface area contributed by atoms with Crippen LogP contribution in [0, 0.1) is 0 Å². The summed E-state index contributed by atoms with van der Waals surface area (Å²) in [7, 11) is -4.25. The Labute approximate surface area is 193 Å². The smallest absolute Gasteiger partial charge is 0.302 e. The highest BCUT2D eigenvalue weighted by atomic mass is 31.2. The van der Waals surface area contributed by atoms with Crippen molar-refractivity contribution in [3.63, 3.8) is 0 Å². The van der Waals surface area contributed by atoms with Crippen molar-refractivity contribution >= 4 is 7.82 Å². The lowest BCUT2D eigenvalue weighted by molar-refractivity contribution is 0.143. The molecule has 0 aliphatic heterocycles. The summed E-state index contributed by atoms with van der Waals surface area (Å²) in [6.45, 7) is 0.166. The number of rotatable bonds is 6. The summed E-state index contributed by atoms with van der Waals surface area (Å²) < 4.78 is 24.0. The zero-order chi connectivity index (χ0) is 22.4. The van der Waals surface area contributed by atoms with E-state index in [1.807, 2.05) is 48.5 Å². The van der Waals surface area contributed by atoms with Gasteiger partial charge in [0.25, 0.3) is 0 Å². The molecule has 0 fully saturated rings. The maximum absolute atomic E-state index is 12.9. The lowest BCUT2D eigenvalue weighted by Crippen LogP contribution is -2.10. The summed E-state index contributed by atoms with van der Waals surface area (Å²) in [5, 5.41) is 0. The van der Waals surface area contributed by atoms with Crippen LogP contribution in [-0.2, 0) is 13.6 Å². The third-order valence-electron chi connectivity index (χ3n) is 6.73. The summed E-state index contributed by atoms with van der Waals surface area (Å²) in [6.07, 6.45) is 0. The molecule has 1 N–H and O–H groups in total. The molecular weight excluding hydrogens is 431 g/mol. The van der Waals surface area contributed by atoms with Crippen LogP contribution in [-0.4, -0.2) is 18.1 Å². The zero-order valence-electron chi connectivity index (χ0n) is 17.9. The highest BCUT2D eigenvalue weighted by Crippen LogP contribution is 2.51. The molecule has 0 heterocycles. The normalized spacial score (nSPS) is 14.6. The third kappa shape index (κ3) is 3.56. The number of fused-ring (bicyclic) bond motifs is 6. The molecular formula is C28H23O4P. The van der Waals surface area contributed by atoms with Crippen molar-refractivity contribution in [1.29, 1.82) is 0 Å². The minimum Gasteiger partial charge on any atom is -0.302 e. The lowest BCUT2D eigenvalue weighted by atomic mass is 9.98. The fourth-order valence-corrected chi connectivity index (χ4v) is 6.00. The molecule has 0 unspecified atom stereocenters. The predicted octanol–water partition coefficient (Wildman–Crippen LogP) is 6.75. The van der Waals surface area contributed by atoms with Gasteiger partial charge in [-0.2, -0.15) is 0 Å². The summed E-state index contributed by atoms with van der Waals surface area (Å²) in [6, 6.07) is 32.5. The summed E-state index contributed by atoms with van der Waals surface area (Å²) in [5.74, 6) is -0.205. The van der Waals surface area contributed by atoms with E-state index in [4.69, 9.17) is 9.05 Å². The Morgan fingerprint density at radius 2 is 0.818 bits per heavy atom. The van der Waals surface area contributed by atoms with Gasteiger partial charge in [0.15, 0.2) is 0 Å². The molecule has 0 amide bonds. The molecule has 0 saturated heterocycles. The second kappa shape index (κ2) is 8.09. The Morgan fingerprint density at radius 3 is 1.12 bits per heavy atom. The van der Waals surface area contributed by atoms with Crippen LogP contribution in [0.3, 0.4) is 0 Å². The van der Waals surface area contributed by atoms with E-state index in [1.165, 1.54) is 0 Å². The highest BCUT2D eigenvalue weighted by Gasteiger charge is 2.34. The average Bonchev–Trinajstić information content (AvgIpc) is 3.34. The van der Waals surface area contributed by atoms with Crippen LogP contribution in [0.2, 0.25) is 0 Å². The lowest BCUT2D eigenvalue weighted by Gasteiger charge is -2.19. The minimum atomic E-state index is -4.25. The third-order valence-corrected chi connectivity index (χ3v) is 7.68. The van der Waals surface area contributed by atoms with Crippen LogP contribution in [0.1, 0.15) is 34.1 Å². The van der Waals surface area contributed by atoms with Gasteiger partial charge in [-0.05, 0) is 44.5 Å². The molecule has 164 valence electrons. The molecule has 5 heteroatoms. The van der Waals surface area contributed by atoms with Crippen LogP contribution in [0.5, 0.6) is 0 Å². The van der Waals surface area contributed by atoms with E-state index in [0.717, 1.165) is 44.5 Å². The SMILES string of the molecule is O=P(O)(OCC1c2ccccc2-c2ccccc21)OCC1c2ccccc2-c2ccccc21. The van der Waals surface area contributed by atoms with Crippen LogP contribution < -0.4 is 0 Å². The van der Waals surface area contributed by atoms with E-state index in [0.29, 0.717) is 0 Å². The number of hydrogen-bond donors (Lipinski definition) is 1. The molecule has 0 aromatic heterocycles. The van der Waals surface area contributed by atoms with Crippen LogP contribution in [0.15, 0.2) is 97.1 Å². The van der Waals surface area contributed by atoms with Crippen molar-refractivity contribution in [2.24, 2.45) is 0 Å². The Morgan fingerprint density at radius 1 is 0.545 bits per heavy atom. The van der Waals surface area contributed by atoms with E-state index in [9.17, 15) is 9.46 Å². The Hall–Kier alpha value is -3.01. The van der Waals surface area contributed by atoms with E-state index in [-0.39, 0.29) is 25.0 Å². The predicted molar refractivity (Wildman–Crippen MR) is 129 cm³/mol. The van der Waals surface area contributed by atoms with Crippen molar-refractivity contribution < 1.29 is 18.5 Å². The number of benzene rings is 4. The number of hydrogen-bond acceptors (Lipinski definition) is 3. The monoisotopic (exact) mass is 454 g/mol. The zero-order valence-corrected chi connectivity index (χ0v) is 18.8. The first-order valence-corrected chi connectivity index (χ1v) is 12.6. The molecule has 4 nitrogen and oxygen atoms in total. The quantitative estimate of drug-likeness (QED) is 0.328. The Balaban J connectivity index is 1.20. The van der Waals surface area contributed by atoms with Crippen molar-refractivity contribution in [1.82, 2.24) is 0 Å². The van der Waals surface area contributed by atoms with E-state index < -0.39 is 7.82 Å². The Kier molecular flexibility index (Phi) is 5.05. The molecule has 2 aliphatic rings. The molecule has 0 radical (unpaired) electrons. The highest BCUT2D eigenvalue weighted by molar-refractivity contribution is 7.47. The fourth-order valence-electron chi connectivity index (χ4n) is 5.25. The summed E-state index contributed by atoms with van der Waals surface area (Å²) >= 11 is 0. The number of phosphoric acid groups is 1. The maximum Gasteiger partial charge on any atom is 0.472 e. The Bertz CT molecular complexity index is 1200. The topological polar surface area (TPSA) is 55.8 Å². The van der Waals surface area contributed by atoms with Crippen molar-refractivity contribution in [2.45, 2.75) is 11.8 Å². The van der Waals surface area contributed by atoms with E-state index >= 15 is 0 Å². The van der Waals surface area contributed by atoms with Gasteiger partial charge in [0.05, 0.1) is 13.2 Å². The van der Waals surface area contributed by atoms with Gasteiger partial charge < -0.3 is 4.89 Å². The second-order valence-electron chi connectivity index (χ2n) is 8.51. The van der Waals surface area contributed by atoms with Gasteiger partial charge in [-0.15, -0.1) is 0 Å². The molecule has 0 atom stereocenters.